The minimum Gasteiger partial charge on any atom is -0.331 e. The summed E-state index contributed by atoms with van der Waals surface area (Å²) in [6, 6.07) is 0. The molecule has 0 saturated carbocycles. The van der Waals surface area contributed by atoms with Gasteiger partial charge in [-0.25, -0.2) is 9.97 Å². The van der Waals surface area contributed by atoms with Crippen molar-refractivity contribution < 1.29 is 0 Å². The van der Waals surface area contributed by atoms with Crippen LogP contribution in [0.4, 0.5) is 0 Å². The van der Waals surface area contributed by atoms with Crippen LogP contribution in [-0.2, 0) is 14.1 Å². The van der Waals surface area contributed by atoms with Gasteiger partial charge in [0.25, 0.3) is 0 Å². The first kappa shape index (κ1) is 34.3. The summed E-state index contributed by atoms with van der Waals surface area (Å²) in [4.78, 5) is 14.1. The Bertz CT molecular complexity index is 1380. The molecule has 0 unspecified atom stereocenters. The number of imidazole rings is 2. The monoisotopic (exact) mass is 535 g/mol. The molecule has 0 fully saturated rings. The van der Waals surface area contributed by atoms with Crippen LogP contribution in [0.25, 0.3) is 22.1 Å². The van der Waals surface area contributed by atoms with E-state index in [9.17, 15) is 0 Å². The number of benzene rings is 1. The van der Waals surface area contributed by atoms with Crippen LogP contribution in [-0.4, -0.2) is 24.1 Å². The number of hydrogen-bond donors (Lipinski definition) is 0. The van der Waals surface area contributed by atoms with Crippen molar-refractivity contribution >= 4 is 22.1 Å². The quantitative estimate of drug-likeness (QED) is 0.257. The Kier molecular flexibility index (Phi) is 12.9. The van der Waals surface area contributed by atoms with E-state index in [4.69, 9.17) is 9.97 Å². The maximum absolute atomic E-state index is 4.84. The van der Waals surface area contributed by atoms with Crippen LogP contribution in [0.5, 0.6) is 0 Å². The van der Waals surface area contributed by atoms with Crippen LogP contribution >= 0.6 is 0 Å². The summed E-state index contributed by atoms with van der Waals surface area (Å²) < 4.78 is 4.46. The average Bonchev–Trinajstić information content (AvgIpc) is 3.39. The molecule has 0 bridgehead atoms. The molecule has 0 saturated heterocycles. The first-order chi connectivity index (χ1) is 18.1. The Morgan fingerprint density at radius 2 is 0.846 bits per heavy atom. The predicted octanol–water partition coefficient (Wildman–Crippen LogP) is 9.78. The molecule has 0 amide bonds. The number of nitrogens with zero attached hydrogens (tertiary/aromatic N) is 5. The second-order valence-corrected chi connectivity index (χ2v) is 11.6. The second kappa shape index (κ2) is 14.6. The van der Waals surface area contributed by atoms with Gasteiger partial charge in [-0.15, -0.1) is 0 Å². The van der Waals surface area contributed by atoms with Gasteiger partial charge in [0, 0.05) is 31.6 Å². The van der Waals surface area contributed by atoms with E-state index >= 15 is 0 Å². The van der Waals surface area contributed by atoms with E-state index in [0.29, 0.717) is 11.8 Å². The summed E-state index contributed by atoms with van der Waals surface area (Å²) in [5.74, 6) is 3.22. The highest BCUT2D eigenvalue weighted by Gasteiger charge is 2.18. The van der Waals surface area contributed by atoms with E-state index in [1.807, 2.05) is 6.92 Å². The lowest BCUT2D eigenvalue weighted by atomic mass is 9.97. The van der Waals surface area contributed by atoms with Crippen LogP contribution in [0.2, 0.25) is 0 Å². The number of pyridine rings is 1. The number of aryl methyl sites for hydroxylation is 7. The summed E-state index contributed by atoms with van der Waals surface area (Å²) in [7, 11) is 4.22. The maximum Gasteiger partial charge on any atom is 0.112 e. The highest BCUT2D eigenvalue weighted by Crippen LogP contribution is 2.31. The first-order valence-electron chi connectivity index (χ1n) is 14.8. The standard InChI is InChI=1S/C15H22N2.C13H19N3.2C3H8/c1-8(2)15-16-13-11(5)9(3)10(4)12(6)14(13)17(15)7;1-7(2)13-15-11-10(5)14-9(4)8(3)12(11)16(13)6;2*1-3-2/h8H,1-7H3;7H,1-6H3;2*3H2,1-2H3. The Morgan fingerprint density at radius 3 is 1.26 bits per heavy atom. The van der Waals surface area contributed by atoms with E-state index in [1.54, 1.807) is 0 Å². The zero-order chi connectivity index (χ0) is 30.4. The third-order valence-electron chi connectivity index (χ3n) is 7.27. The van der Waals surface area contributed by atoms with Gasteiger partial charge in [0.1, 0.15) is 17.2 Å². The predicted molar refractivity (Wildman–Crippen MR) is 172 cm³/mol. The van der Waals surface area contributed by atoms with Crippen LogP contribution in [0.1, 0.15) is 131 Å². The van der Waals surface area contributed by atoms with Crippen molar-refractivity contribution in [2.75, 3.05) is 0 Å². The zero-order valence-electron chi connectivity index (χ0n) is 28.3. The summed E-state index contributed by atoms with van der Waals surface area (Å²) in [6.07, 6.45) is 2.50. The molecule has 0 radical (unpaired) electrons. The second-order valence-electron chi connectivity index (χ2n) is 11.6. The van der Waals surface area contributed by atoms with Crippen LogP contribution in [0.3, 0.4) is 0 Å². The molecule has 3 aromatic heterocycles. The normalized spacial score (nSPS) is 10.8. The molecule has 39 heavy (non-hydrogen) atoms. The van der Waals surface area contributed by atoms with Gasteiger partial charge >= 0.3 is 0 Å². The highest BCUT2D eigenvalue weighted by molar-refractivity contribution is 5.85. The van der Waals surface area contributed by atoms with Crippen molar-refractivity contribution in [3.63, 3.8) is 0 Å². The number of aromatic nitrogens is 5. The molecule has 0 aliphatic heterocycles. The van der Waals surface area contributed by atoms with Gasteiger partial charge < -0.3 is 9.13 Å². The van der Waals surface area contributed by atoms with Crippen LogP contribution < -0.4 is 0 Å². The summed E-state index contributed by atoms with van der Waals surface area (Å²) in [5.41, 5.74) is 13.6. The largest absolute Gasteiger partial charge is 0.331 e. The van der Waals surface area contributed by atoms with Crippen LogP contribution in [0.15, 0.2) is 0 Å². The fourth-order valence-electron chi connectivity index (χ4n) is 4.91. The minimum absolute atomic E-state index is 0.441. The molecule has 4 aromatic rings. The molecule has 1 aromatic carbocycles. The Labute approximate surface area is 239 Å². The van der Waals surface area contributed by atoms with Gasteiger partial charge in [-0.1, -0.05) is 68.2 Å². The van der Waals surface area contributed by atoms with Gasteiger partial charge in [0.2, 0.25) is 0 Å². The molecule has 5 heteroatoms. The molecule has 0 aliphatic carbocycles. The van der Waals surface area contributed by atoms with Crippen molar-refractivity contribution in [2.24, 2.45) is 14.1 Å². The number of fused-ring (bicyclic) bond motifs is 2. The lowest BCUT2D eigenvalue weighted by molar-refractivity contribution is 0.721. The molecule has 218 valence electrons. The van der Waals surface area contributed by atoms with Crippen LogP contribution in [0, 0.1) is 48.5 Å². The average molecular weight is 536 g/mol. The van der Waals surface area contributed by atoms with Crippen molar-refractivity contribution in [3.8, 4) is 0 Å². The van der Waals surface area contributed by atoms with Crippen molar-refractivity contribution in [2.45, 2.75) is 129 Å². The molecular weight excluding hydrogens is 478 g/mol. The van der Waals surface area contributed by atoms with Gasteiger partial charge in [0.05, 0.1) is 22.2 Å². The van der Waals surface area contributed by atoms with E-state index in [2.05, 4.69) is 125 Å². The highest BCUT2D eigenvalue weighted by atomic mass is 15.1. The number of rotatable bonds is 2. The molecule has 4 rings (SSSR count). The third kappa shape index (κ3) is 7.29. The van der Waals surface area contributed by atoms with E-state index in [-0.39, 0.29) is 0 Å². The fraction of sp³-hybridized carbons (Fsp3) is 0.618. The van der Waals surface area contributed by atoms with Gasteiger partial charge in [-0.3, -0.25) is 4.98 Å². The molecule has 0 N–H and O–H groups in total. The molecular formula is C34H57N5. The maximum atomic E-state index is 4.84. The topological polar surface area (TPSA) is 48.5 Å². The zero-order valence-corrected chi connectivity index (χ0v) is 28.3. The Hall–Kier alpha value is -2.69. The molecule has 0 atom stereocenters. The van der Waals surface area contributed by atoms with E-state index < -0.39 is 0 Å². The minimum atomic E-state index is 0.441. The van der Waals surface area contributed by atoms with Gasteiger partial charge in [-0.2, -0.15) is 0 Å². The smallest absolute Gasteiger partial charge is 0.112 e. The Morgan fingerprint density at radius 1 is 0.487 bits per heavy atom. The molecule has 5 nitrogen and oxygen atoms in total. The molecule has 0 spiro atoms. The summed E-state index contributed by atoms with van der Waals surface area (Å²) in [5, 5.41) is 0. The van der Waals surface area contributed by atoms with E-state index in [1.165, 1.54) is 63.0 Å². The van der Waals surface area contributed by atoms with Crippen molar-refractivity contribution in [1.82, 2.24) is 24.1 Å². The van der Waals surface area contributed by atoms with Gasteiger partial charge in [0.15, 0.2) is 0 Å². The first-order valence-corrected chi connectivity index (χ1v) is 14.8. The third-order valence-corrected chi connectivity index (χ3v) is 7.27. The van der Waals surface area contributed by atoms with Crippen molar-refractivity contribution in [3.05, 3.63) is 50.9 Å². The molecule has 0 aliphatic rings. The Balaban J connectivity index is 0.000000325. The van der Waals surface area contributed by atoms with Gasteiger partial charge in [-0.05, 0) is 76.3 Å². The fourth-order valence-corrected chi connectivity index (χ4v) is 4.91. The SMILES string of the molecule is CCC.CCC.Cc1c(C)c(C)c2c(nc(C(C)C)n2C)c1C.Cc1nc(C)c2nc(C(C)C)n(C)c2c1C. The summed E-state index contributed by atoms with van der Waals surface area (Å²) in [6.45, 7) is 32.2. The lowest BCUT2D eigenvalue weighted by Gasteiger charge is -2.11. The van der Waals surface area contributed by atoms with E-state index in [0.717, 1.165) is 22.7 Å². The lowest BCUT2D eigenvalue weighted by Crippen LogP contribution is -2.01. The number of hydrogen-bond acceptors (Lipinski definition) is 3. The summed E-state index contributed by atoms with van der Waals surface area (Å²) >= 11 is 0. The van der Waals surface area contributed by atoms with Crippen molar-refractivity contribution in [1.29, 1.82) is 0 Å². The molecule has 3 heterocycles.